The van der Waals surface area contributed by atoms with Crippen LogP contribution in [0.15, 0.2) is 46.1 Å². The second-order valence-corrected chi connectivity index (χ2v) is 8.28. The van der Waals surface area contributed by atoms with Gasteiger partial charge in [-0.15, -0.1) is 0 Å². The van der Waals surface area contributed by atoms with Gasteiger partial charge in [-0.05, 0) is 59.9 Å². The summed E-state index contributed by atoms with van der Waals surface area (Å²) in [7, 11) is 0. The number of hydrogen-bond acceptors (Lipinski definition) is 3. The minimum atomic E-state index is -0.171. The highest BCUT2D eigenvalue weighted by molar-refractivity contribution is 7.07. The highest BCUT2D eigenvalue weighted by Crippen LogP contribution is 2.18. The van der Waals surface area contributed by atoms with Crippen LogP contribution in [0.25, 0.3) is 0 Å². The van der Waals surface area contributed by atoms with E-state index in [4.69, 9.17) is 4.99 Å². The lowest BCUT2D eigenvalue weighted by Crippen LogP contribution is -2.48. The van der Waals surface area contributed by atoms with Crippen molar-refractivity contribution in [2.75, 3.05) is 26.2 Å². The van der Waals surface area contributed by atoms with E-state index in [0.29, 0.717) is 12.0 Å². The third-order valence-electron chi connectivity index (χ3n) is 5.23. The van der Waals surface area contributed by atoms with Gasteiger partial charge >= 0.3 is 0 Å². The summed E-state index contributed by atoms with van der Waals surface area (Å²) in [6.45, 7) is 8.95. The zero-order valence-corrected chi connectivity index (χ0v) is 17.6. The molecule has 0 aliphatic carbocycles. The lowest BCUT2D eigenvalue weighted by Gasteiger charge is -2.33. The Kier molecular flexibility index (Phi) is 7.86. The summed E-state index contributed by atoms with van der Waals surface area (Å²) in [6, 6.07) is 9.47. The quantitative estimate of drug-likeness (QED) is 0.538. The fourth-order valence-electron chi connectivity index (χ4n) is 3.49. The van der Waals surface area contributed by atoms with Crippen LogP contribution in [-0.4, -0.2) is 43.1 Å². The number of piperidine rings is 1. The molecule has 0 amide bonds. The Morgan fingerprint density at radius 3 is 2.64 bits per heavy atom. The topological polar surface area (TPSA) is 39.7 Å². The van der Waals surface area contributed by atoms with Gasteiger partial charge in [0.2, 0.25) is 0 Å². The van der Waals surface area contributed by atoms with Crippen LogP contribution >= 0.6 is 11.3 Å². The average molecular weight is 403 g/mol. The SMILES string of the molecule is CCNC(=NCC(C)c1ccsc1)NC1CCN(Cc2ccc(F)cc2)CC1. The number of benzene rings is 1. The van der Waals surface area contributed by atoms with Crippen LogP contribution < -0.4 is 10.6 Å². The largest absolute Gasteiger partial charge is 0.357 e. The second kappa shape index (κ2) is 10.6. The monoisotopic (exact) mass is 402 g/mol. The van der Waals surface area contributed by atoms with Gasteiger partial charge in [-0.25, -0.2) is 4.39 Å². The summed E-state index contributed by atoms with van der Waals surface area (Å²) >= 11 is 1.74. The molecule has 4 nitrogen and oxygen atoms in total. The maximum absolute atomic E-state index is 13.1. The van der Waals surface area contributed by atoms with Gasteiger partial charge in [-0.1, -0.05) is 19.1 Å². The van der Waals surface area contributed by atoms with E-state index in [2.05, 4.69) is 46.2 Å². The predicted octanol–water partition coefficient (Wildman–Crippen LogP) is 4.21. The second-order valence-electron chi connectivity index (χ2n) is 7.50. The van der Waals surface area contributed by atoms with Gasteiger partial charge in [0, 0.05) is 44.7 Å². The van der Waals surface area contributed by atoms with Gasteiger partial charge < -0.3 is 10.6 Å². The van der Waals surface area contributed by atoms with Crippen molar-refractivity contribution in [1.29, 1.82) is 0 Å². The van der Waals surface area contributed by atoms with Crippen LogP contribution in [0, 0.1) is 5.82 Å². The molecule has 2 heterocycles. The maximum atomic E-state index is 13.1. The van der Waals surface area contributed by atoms with Gasteiger partial charge in [-0.3, -0.25) is 9.89 Å². The van der Waals surface area contributed by atoms with Gasteiger partial charge in [-0.2, -0.15) is 11.3 Å². The van der Waals surface area contributed by atoms with Crippen LogP contribution in [-0.2, 0) is 6.54 Å². The average Bonchev–Trinajstić information content (AvgIpc) is 3.24. The van der Waals surface area contributed by atoms with E-state index in [-0.39, 0.29) is 5.82 Å². The third kappa shape index (κ3) is 6.31. The number of nitrogens with one attached hydrogen (secondary N) is 2. The molecule has 1 unspecified atom stereocenters. The smallest absolute Gasteiger partial charge is 0.191 e. The summed E-state index contributed by atoms with van der Waals surface area (Å²) in [5, 5.41) is 11.3. The first-order valence-electron chi connectivity index (χ1n) is 10.2. The molecular formula is C22H31FN4S. The van der Waals surface area contributed by atoms with E-state index in [1.807, 2.05) is 12.1 Å². The Morgan fingerprint density at radius 2 is 2.00 bits per heavy atom. The van der Waals surface area contributed by atoms with E-state index in [9.17, 15) is 4.39 Å². The summed E-state index contributed by atoms with van der Waals surface area (Å²) in [5.41, 5.74) is 2.53. The zero-order chi connectivity index (χ0) is 19.8. The summed E-state index contributed by atoms with van der Waals surface area (Å²) in [6.07, 6.45) is 2.18. The van der Waals surface area contributed by atoms with Gasteiger partial charge in [0.25, 0.3) is 0 Å². The standard InChI is InChI=1S/C22H31FN4S/c1-3-24-22(25-14-17(2)19-10-13-28-16-19)26-21-8-11-27(12-9-21)15-18-4-6-20(23)7-5-18/h4-7,10,13,16-17,21H,3,8-9,11-12,14-15H2,1-2H3,(H2,24,25,26). The van der Waals surface area contributed by atoms with Crippen molar-refractivity contribution in [2.45, 2.75) is 45.2 Å². The Morgan fingerprint density at radius 1 is 1.25 bits per heavy atom. The van der Waals surface area contributed by atoms with Gasteiger partial charge in [0.15, 0.2) is 5.96 Å². The van der Waals surface area contributed by atoms with Gasteiger partial charge in [0.1, 0.15) is 5.82 Å². The molecule has 1 atom stereocenters. The number of likely N-dealkylation sites (tertiary alicyclic amines) is 1. The minimum absolute atomic E-state index is 0.171. The number of halogens is 1. The molecule has 1 saturated heterocycles. The minimum Gasteiger partial charge on any atom is -0.357 e. The fourth-order valence-corrected chi connectivity index (χ4v) is 4.27. The van der Waals surface area contributed by atoms with E-state index >= 15 is 0 Å². The molecule has 0 saturated carbocycles. The number of nitrogens with zero attached hydrogens (tertiary/aromatic N) is 2. The Balaban J connectivity index is 1.46. The molecule has 2 aromatic rings. The van der Waals surface area contributed by atoms with Crippen molar-refractivity contribution in [1.82, 2.24) is 15.5 Å². The maximum Gasteiger partial charge on any atom is 0.191 e. The lowest BCUT2D eigenvalue weighted by molar-refractivity contribution is 0.198. The first-order chi connectivity index (χ1) is 13.6. The molecule has 1 aliphatic rings. The van der Waals surface area contributed by atoms with Gasteiger partial charge in [0.05, 0.1) is 0 Å². The molecule has 2 N–H and O–H groups in total. The van der Waals surface area contributed by atoms with Crippen LogP contribution in [0.5, 0.6) is 0 Å². The zero-order valence-electron chi connectivity index (χ0n) is 16.8. The first kappa shape index (κ1) is 20.8. The summed E-state index contributed by atoms with van der Waals surface area (Å²) in [5.74, 6) is 1.18. The molecule has 1 aromatic heterocycles. The molecule has 0 bridgehead atoms. The number of rotatable bonds is 7. The predicted molar refractivity (Wildman–Crippen MR) is 117 cm³/mol. The molecule has 6 heteroatoms. The van der Waals surface area contributed by atoms with Crippen molar-refractivity contribution in [3.63, 3.8) is 0 Å². The Hall–Kier alpha value is -1.92. The van der Waals surface area contributed by atoms with E-state index in [0.717, 1.165) is 51.5 Å². The molecule has 0 spiro atoms. The highest BCUT2D eigenvalue weighted by Gasteiger charge is 2.20. The molecule has 1 aromatic carbocycles. The van der Waals surface area contributed by atoms with Crippen LogP contribution in [0.1, 0.15) is 43.7 Å². The summed E-state index contributed by atoms with van der Waals surface area (Å²) < 4.78 is 13.1. The van der Waals surface area contributed by atoms with Crippen molar-refractivity contribution < 1.29 is 4.39 Å². The number of hydrogen-bond donors (Lipinski definition) is 2. The van der Waals surface area contributed by atoms with Crippen LogP contribution in [0.4, 0.5) is 4.39 Å². The molecule has 28 heavy (non-hydrogen) atoms. The molecule has 0 radical (unpaired) electrons. The van der Waals surface area contributed by atoms with Crippen molar-refractivity contribution in [3.8, 4) is 0 Å². The molecule has 1 aliphatic heterocycles. The Bertz CT molecular complexity index is 722. The molecular weight excluding hydrogens is 371 g/mol. The number of guanidine groups is 1. The fraction of sp³-hybridized carbons (Fsp3) is 0.500. The molecule has 3 rings (SSSR count). The van der Waals surface area contributed by atoms with Crippen molar-refractivity contribution in [3.05, 3.63) is 58.0 Å². The Labute approximate surface area is 171 Å². The lowest BCUT2D eigenvalue weighted by atomic mass is 10.0. The van der Waals surface area contributed by atoms with Crippen molar-refractivity contribution in [2.24, 2.45) is 4.99 Å². The summed E-state index contributed by atoms with van der Waals surface area (Å²) in [4.78, 5) is 7.25. The number of aliphatic imine (C=N–C) groups is 1. The van der Waals surface area contributed by atoms with E-state index in [1.165, 1.54) is 11.1 Å². The normalized spacial score (nSPS) is 17.5. The van der Waals surface area contributed by atoms with Crippen LogP contribution in [0.3, 0.4) is 0 Å². The first-order valence-corrected chi connectivity index (χ1v) is 11.1. The third-order valence-corrected chi connectivity index (χ3v) is 5.93. The van der Waals surface area contributed by atoms with E-state index < -0.39 is 0 Å². The molecule has 1 fully saturated rings. The van der Waals surface area contributed by atoms with E-state index in [1.54, 1.807) is 23.5 Å². The van der Waals surface area contributed by atoms with Crippen LogP contribution in [0.2, 0.25) is 0 Å². The molecule has 152 valence electrons. The van der Waals surface area contributed by atoms with Crippen molar-refractivity contribution >= 4 is 17.3 Å². The highest BCUT2D eigenvalue weighted by atomic mass is 32.1. The number of thiophene rings is 1.